The Morgan fingerprint density at radius 2 is 1.89 bits per heavy atom. The number of nitrogens with one attached hydrogen (secondary N) is 2. The van der Waals surface area contributed by atoms with Crippen molar-refractivity contribution in [3.63, 3.8) is 0 Å². The number of benzene rings is 1. The van der Waals surface area contributed by atoms with Crippen LogP contribution in [-0.2, 0) is 9.59 Å². The van der Waals surface area contributed by atoms with Gasteiger partial charge in [0.05, 0.1) is 32.9 Å². The predicted molar refractivity (Wildman–Crippen MR) is 101 cm³/mol. The molecule has 2 N–H and O–H groups in total. The molecule has 0 aliphatic carbocycles. The summed E-state index contributed by atoms with van der Waals surface area (Å²) in [6.07, 6.45) is 2.21. The Morgan fingerprint density at radius 1 is 1.19 bits per heavy atom. The number of amides is 2. The maximum absolute atomic E-state index is 12.6. The number of anilines is 1. The van der Waals surface area contributed by atoms with Crippen LogP contribution < -0.4 is 29.7 Å². The molecule has 2 fully saturated rings. The minimum Gasteiger partial charge on any atom is -0.493 e. The summed E-state index contributed by atoms with van der Waals surface area (Å²) >= 11 is 0. The van der Waals surface area contributed by atoms with Crippen molar-refractivity contribution in [1.82, 2.24) is 10.6 Å². The highest BCUT2D eigenvalue weighted by molar-refractivity contribution is 6.00. The average molecular weight is 377 g/mol. The maximum atomic E-state index is 12.6. The van der Waals surface area contributed by atoms with Gasteiger partial charge in [-0.3, -0.25) is 9.59 Å². The van der Waals surface area contributed by atoms with Crippen LogP contribution in [0.2, 0.25) is 0 Å². The van der Waals surface area contributed by atoms with Gasteiger partial charge in [-0.05, 0) is 19.4 Å². The number of carbonyl (C=O) groups is 2. The molecule has 27 heavy (non-hydrogen) atoms. The molecule has 0 spiro atoms. The first-order valence-corrected chi connectivity index (χ1v) is 9.18. The van der Waals surface area contributed by atoms with Crippen LogP contribution >= 0.6 is 0 Å². The van der Waals surface area contributed by atoms with Gasteiger partial charge < -0.3 is 29.7 Å². The fourth-order valence-corrected chi connectivity index (χ4v) is 3.65. The number of nitrogens with zero attached hydrogens (tertiary/aromatic N) is 1. The molecule has 2 unspecified atom stereocenters. The van der Waals surface area contributed by atoms with Gasteiger partial charge in [0.25, 0.3) is 0 Å². The van der Waals surface area contributed by atoms with E-state index >= 15 is 0 Å². The first-order valence-electron chi connectivity index (χ1n) is 9.18. The second-order valence-corrected chi connectivity index (χ2v) is 6.84. The number of hydrogen-bond acceptors (Lipinski definition) is 6. The van der Waals surface area contributed by atoms with Gasteiger partial charge in [0, 0.05) is 37.7 Å². The highest BCUT2D eigenvalue weighted by atomic mass is 16.5. The van der Waals surface area contributed by atoms with Crippen LogP contribution in [0.25, 0.3) is 0 Å². The van der Waals surface area contributed by atoms with E-state index in [4.69, 9.17) is 14.2 Å². The zero-order chi connectivity index (χ0) is 19.4. The standard InChI is InChI=1S/C19H27N3O5/c1-25-15-8-14(9-16(26-2)18(15)27-3)22-11-12(7-17(22)23)19(24)21-13-5-4-6-20-10-13/h8-9,12-13,20H,4-7,10-11H2,1-3H3,(H,21,24). The van der Waals surface area contributed by atoms with E-state index in [2.05, 4.69) is 10.6 Å². The lowest BCUT2D eigenvalue weighted by molar-refractivity contribution is -0.127. The van der Waals surface area contributed by atoms with Crippen molar-refractivity contribution in [3.05, 3.63) is 12.1 Å². The smallest absolute Gasteiger partial charge is 0.227 e. The molecule has 8 heteroatoms. The highest BCUT2D eigenvalue weighted by Gasteiger charge is 2.36. The second kappa shape index (κ2) is 8.47. The predicted octanol–water partition coefficient (Wildman–Crippen LogP) is 0.934. The Labute approximate surface area is 159 Å². The van der Waals surface area contributed by atoms with Crippen LogP contribution in [0, 0.1) is 5.92 Å². The molecule has 148 valence electrons. The van der Waals surface area contributed by atoms with Crippen LogP contribution in [0.4, 0.5) is 5.69 Å². The molecule has 0 aromatic heterocycles. The largest absolute Gasteiger partial charge is 0.493 e. The molecule has 0 radical (unpaired) electrons. The Hall–Kier alpha value is -2.48. The van der Waals surface area contributed by atoms with E-state index in [1.165, 1.54) is 21.3 Å². The Kier molecular flexibility index (Phi) is 6.05. The number of methoxy groups -OCH3 is 3. The molecule has 1 aromatic rings. The summed E-state index contributed by atoms with van der Waals surface area (Å²) < 4.78 is 16.0. The van der Waals surface area contributed by atoms with E-state index in [0.717, 1.165) is 25.9 Å². The number of ether oxygens (including phenoxy) is 3. The van der Waals surface area contributed by atoms with Crippen LogP contribution in [0.15, 0.2) is 12.1 Å². The zero-order valence-electron chi connectivity index (χ0n) is 16.0. The Balaban J connectivity index is 1.74. The molecule has 2 heterocycles. The molecule has 1 aromatic carbocycles. The summed E-state index contributed by atoms with van der Waals surface area (Å²) in [7, 11) is 4.59. The molecule has 2 saturated heterocycles. The van der Waals surface area contributed by atoms with E-state index in [9.17, 15) is 9.59 Å². The first-order chi connectivity index (χ1) is 13.1. The fourth-order valence-electron chi connectivity index (χ4n) is 3.65. The molecule has 0 bridgehead atoms. The van der Waals surface area contributed by atoms with Crippen LogP contribution in [0.1, 0.15) is 19.3 Å². The summed E-state index contributed by atoms with van der Waals surface area (Å²) in [6, 6.07) is 3.59. The lowest BCUT2D eigenvalue weighted by atomic mass is 10.0. The van der Waals surface area contributed by atoms with Crippen molar-refractivity contribution in [2.45, 2.75) is 25.3 Å². The molecule has 2 amide bonds. The van der Waals surface area contributed by atoms with Crippen molar-refractivity contribution >= 4 is 17.5 Å². The molecule has 2 aliphatic rings. The normalized spacial score (nSPS) is 22.5. The number of piperidine rings is 1. The Morgan fingerprint density at radius 3 is 2.44 bits per heavy atom. The summed E-state index contributed by atoms with van der Waals surface area (Å²) in [5.41, 5.74) is 0.629. The quantitative estimate of drug-likeness (QED) is 0.767. The first kappa shape index (κ1) is 19.3. The van der Waals surface area contributed by atoms with Gasteiger partial charge in [-0.25, -0.2) is 0 Å². The van der Waals surface area contributed by atoms with E-state index in [1.807, 2.05) is 0 Å². The molecule has 3 rings (SSSR count). The third-order valence-corrected chi connectivity index (χ3v) is 5.10. The van der Waals surface area contributed by atoms with Gasteiger partial charge in [0.2, 0.25) is 17.6 Å². The van der Waals surface area contributed by atoms with Crippen LogP contribution in [0.3, 0.4) is 0 Å². The SMILES string of the molecule is COc1cc(N2CC(C(=O)NC3CCCNC3)CC2=O)cc(OC)c1OC. The Bertz CT molecular complexity index is 678. The molecule has 2 atom stereocenters. The van der Waals surface area contributed by atoms with Crippen LogP contribution in [0.5, 0.6) is 17.2 Å². The summed E-state index contributed by atoms with van der Waals surface area (Å²) in [4.78, 5) is 26.8. The molecular weight excluding hydrogens is 350 g/mol. The minimum absolute atomic E-state index is 0.0630. The second-order valence-electron chi connectivity index (χ2n) is 6.84. The van der Waals surface area contributed by atoms with Crippen molar-refractivity contribution < 1.29 is 23.8 Å². The maximum Gasteiger partial charge on any atom is 0.227 e. The van der Waals surface area contributed by atoms with Gasteiger partial charge in [-0.15, -0.1) is 0 Å². The number of rotatable bonds is 6. The van der Waals surface area contributed by atoms with E-state index in [-0.39, 0.29) is 30.2 Å². The van der Waals surface area contributed by atoms with Gasteiger partial charge in [-0.2, -0.15) is 0 Å². The van der Waals surface area contributed by atoms with Gasteiger partial charge >= 0.3 is 0 Å². The third kappa shape index (κ3) is 4.10. The zero-order valence-corrected chi connectivity index (χ0v) is 16.0. The van der Waals surface area contributed by atoms with E-state index < -0.39 is 0 Å². The molecule has 2 aliphatic heterocycles. The molecule has 0 saturated carbocycles. The van der Waals surface area contributed by atoms with Gasteiger partial charge in [0.15, 0.2) is 11.5 Å². The van der Waals surface area contributed by atoms with Crippen molar-refractivity contribution in [2.24, 2.45) is 5.92 Å². The lowest BCUT2D eigenvalue weighted by Crippen LogP contribution is -2.47. The van der Waals surface area contributed by atoms with Crippen molar-refractivity contribution in [1.29, 1.82) is 0 Å². The summed E-state index contributed by atoms with van der Waals surface area (Å²) in [5.74, 6) is 0.896. The summed E-state index contributed by atoms with van der Waals surface area (Å²) in [6.45, 7) is 2.11. The monoisotopic (exact) mass is 377 g/mol. The molecule has 8 nitrogen and oxygen atoms in total. The number of carbonyl (C=O) groups excluding carboxylic acids is 2. The van der Waals surface area contributed by atoms with Crippen molar-refractivity contribution in [2.75, 3.05) is 45.9 Å². The minimum atomic E-state index is -0.362. The highest BCUT2D eigenvalue weighted by Crippen LogP contribution is 2.42. The van der Waals surface area contributed by atoms with E-state index in [1.54, 1.807) is 17.0 Å². The fraction of sp³-hybridized carbons (Fsp3) is 0.579. The van der Waals surface area contributed by atoms with Crippen molar-refractivity contribution in [3.8, 4) is 17.2 Å². The molecular formula is C19H27N3O5. The summed E-state index contributed by atoms with van der Waals surface area (Å²) in [5, 5.41) is 6.35. The average Bonchev–Trinajstić information content (AvgIpc) is 3.09. The van der Waals surface area contributed by atoms with Gasteiger partial charge in [0.1, 0.15) is 0 Å². The van der Waals surface area contributed by atoms with Crippen LogP contribution in [-0.4, -0.2) is 58.8 Å². The lowest BCUT2D eigenvalue weighted by Gasteiger charge is -2.25. The number of hydrogen-bond donors (Lipinski definition) is 2. The topological polar surface area (TPSA) is 89.1 Å². The van der Waals surface area contributed by atoms with Gasteiger partial charge in [-0.1, -0.05) is 0 Å². The van der Waals surface area contributed by atoms with E-state index in [0.29, 0.717) is 29.5 Å². The third-order valence-electron chi connectivity index (χ3n) is 5.10.